The molecule has 0 saturated heterocycles. The third kappa shape index (κ3) is 6.33. The van der Waals surface area contributed by atoms with Gasteiger partial charge in [-0.2, -0.15) is 0 Å². The van der Waals surface area contributed by atoms with E-state index in [1.807, 2.05) is 26.8 Å². The lowest BCUT2D eigenvalue weighted by Crippen LogP contribution is -2.58. The molecular formula is C27H37FN2O4. The van der Waals surface area contributed by atoms with Crippen molar-refractivity contribution in [3.8, 4) is 0 Å². The smallest absolute Gasteiger partial charge is 0.331 e. The highest BCUT2D eigenvalue weighted by molar-refractivity contribution is 5.87. The van der Waals surface area contributed by atoms with Gasteiger partial charge in [0.05, 0.1) is 18.2 Å². The molecule has 0 heterocycles. The van der Waals surface area contributed by atoms with E-state index in [1.165, 1.54) is 6.92 Å². The van der Waals surface area contributed by atoms with Crippen molar-refractivity contribution in [3.63, 3.8) is 0 Å². The lowest BCUT2D eigenvalue weighted by molar-refractivity contribution is -0.133. The van der Waals surface area contributed by atoms with Crippen LogP contribution in [0.4, 0.5) is 4.39 Å². The Hall–Kier alpha value is -2.51. The molecule has 3 rings (SSSR count). The quantitative estimate of drug-likeness (QED) is 0.461. The Morgan fingerprint density at radius 2 is 2.00 bits per heavy atom. The Morgan fingerprint density at radius 1 is 1.26 bits per heavy atom. The summed E-state index contributed by atoms with van der Waals surface area (Å²) < 4.78 is 21.1. The van der Waals surface area contributed by atoms with Crippen LogP contribution in [0.1, 0.15) is 76.0 Å². The molecule has 0 aliphatic heterocycles. The zero-order valence-electron chi connectivity index (χ0n) is 20.6. The fraction of sp³-hybridized carbons (Fsp3) is 0.556. The average molecular weight is 473 g/mol. The molecule has 186 valence electrons. The maximum absolute atomic E-state index is 14.9. The minimum Gasteiger partial charge on any atom is -0.478 e. The van der Waals surface area contributed by atoms with Gasteiger partial charge >= 0.3 is 5.97 Å². The number of aryl methyl sites for hydroxylation is 1. The highest BCUT2D eigenvalue weighted by Crippen LogP contribution is 2.31. The number of aliphatic carboxylic acids is 1. The van der Waals surface area contributed by atoms with E-state index in [2.05, 4.69) is 16.7 Å². The summed E-state index contributed by atoms with van der Waals surface area (Å²) in [7, 11) is 0. The summed E-state index contributed by atoms with van der Waals surface area (Å²) in [6, 6.07) is 2.66. The van der Waals surface area contributed by atoms with Crippen LogP contribution in [0.5, 0.6) is 0 Å². The molecule has 1 amide bonds. The number of hydrogen-bond acceptors (Lipinski definition) is 4. The molecule has 2 aliphatic carbocycles. The molecular weight excluding hydrogens is 435 g/mol. The van der Waals surface area contributed by atoms with Gasteiger partial charge in [0.1, 0.15) is 5.82 Å². The van der Waals surface area contributed by atoms with Gasteiger partial charge in [0.15, 0.2) is 0 Å². The van der Waals surface area contributed by atoms with Crippen molar-refractivity contribution in [3.05, 3.63) is 52.4 Å². The van der Waals surface area contributed by atoms with E-state index < -0.39 is 18.1 Å². The van der Waals surface area contributed by atoms with Gasteiger partial charge in [0.25, 0.3) is 0 Å². The van der Waals surface area contributed by atoms with E-state index in [-0.39, 0.29) is 35.9 Å². The average Bonchev–Trinajstić information content (AvgIpc) is 3.33. The zero-order valence-corrected chi connectivity index (χ0v) is 20.6. The molecule has 0 bridgehead atoms. The number of carboxylic acids is 1. The number of rotatable bonds is 10. The van der Waals surface area contributed by atoms with Crippen molar-refractivity contribution in [1.82, 2.24) is 10.6 Å². The number of amides is 1. The molecule has 0 fully saturated rings. The van der Waals surface area contributed by atoms with Gasteiger partial charge in [-0.15, -0.1) is 0 Å². The minimum absolute atomic E-state index is 0.0416. The summed E-state index contributed by atoms with van der Waals surface area (Å²) in [5, 5.41) is 16.0. The summed E-state index contributed by atoms with van der Waals surface area (Å²) in [6.07, 6.45) is 7.87. The van der Waals surface area contributed by atoms with Crippen LogP contribution in [-0.4, -0.2) is 41.3 Å². The topological polar surface area (TPSA) is 87.7 Å². The second kappa shape index (κ2) is 11.8. The lowest BCUT2D eigenvalue weighted by atomic mass is 9.87. The first-order chi connectivity index (χ1) is 16.2. The molecule has 1 aromatic carbocycles. The van der Waals surface area contributed by atoms with E-state index in [4.69, 9.17) is 4.74 Å². The van der Waals surface area contributed by atoms with Gasteiger partial charge < -0.3 is 20.5 Å². The van der Waals surface area contributed by atoms with Gasteiger partial charge in [-0.25, -0.2) is 9.18 Å². The normalized spacial score (nSPS) is 22.5. The summed E-state index contributed by atoms with van der Waals surface area (Å²) in [5.74, 6) is -1.44. The van der Waals surface area contributed by atoms with Crippen LogP contribution >= 0.6 is 0 Å². The summed E-state index contributed by atoms with van der Waals surface area (Å²) in [5.41, 5.74) is 3.77. The molecule has 2 aliphatic rings. The molecule has 1 aromatic rings. The van der Waals surface area contributed by atoms with E-state index in [1.54, 1.807) is 12.1 Å². The van der Waals surface area contributed by atoms with Gasteiger partial charge in [0.2, 0.25) is 5.91 Å². The number of benzene rings is 1. The van der Waals surface area contributed by atoms with Crippen molar-refractivity contribution in [2.75, 3.05) is 0 Å². The number of carboxylic acid groups (broad SMARTS) is 1. The fourth-order valence-corrected chi connectivity index (χ4v) is 4.88. The van der Waals surface area contributed by atoms with Crippen LogP contribution in [0.25, 0.3) is 5.57 Å². The minimum atomic E-state index is -0.998. The number of hydrogen-bond donors (Lipinski definition) is 3. The predicted octanol–water partition coefficient (Wildman–Crippen LogP) is 4.65. The Balaban J connectivity index is 1.83. The Labute approximate surface area is 201 Å². The van der Waals surface area contributed by atoms with E-state index in [0.29, 0.717) is 12.1 Å². The second-order valence-electron chi connectivity index (χ2n) is 9.33. The van der Waals surface area contributed by atoms with Crippen LogP contribution in [0.3, 0.4) is 0 Å². The van der Waals surface area contributed by atoms with Crippen molar-refractivity contribution in [1.29, 1.82) is 0 Å². The van der Waals surface area contributed by atoms with Gasteiger partial charge in [-0.05, 0) is 80.4 Å². The molecule has 3 N–H and O–H groups in total. The Bertz CT molecular complexity index is 968. The van der Waals surface area contributed by atoms with Gasteiger partial charge in [-0.3, -0.25) is 4.79 Å². The van der Waals surface area contributed by atoms with Crippen molar-refractivity contribution >= 4 is 17.4 Å². The SMILES string of the molecule is CCC(CC)O[C@@H]1C=C(C(=O)O)C[C@H](NCc2cc(F)c(C3=CCCC3)cc2C)[C@H]1NC(C)=O. The van der Waals surface area contributed by atoms with Crippen molar-refractivity contribution in [2.24, 2.45) is 0 Å². The number of carbonyl (C=O) groups excluding carboxylic acids is 1. The van der Waals surface area contributed by atoms with E-state index >= 15 is 0 Å². The highest BCUT2D eigenvalue weighted by Gasteiger charge is 2.37. The highest BCUT2D eigenvalue weighted by atomic mass is 19.1. The first kappa shape index (κ1) is 26.1. The molecule has 0 saturated carbocycles. The monoisotopic (exact) mass is 472 g/mol. The van der Waals surface area contributed by atoms with Crippen molar-refractivity contribution < 1.29 is 23.8 Å². The molecule has 7 heteroatoms. The maximum Gasteiger partial charge on any atom is 0.331 e. The predicted molar refractivity (Wildman–Crippen MR) is 131 cm³/mol. The first-order valence-electron chi connectivity index (χ1n) is 12.3. The summed E-state index contributed by atoms with van der Waals surface area (Å²) in [6.45, 7) is 7.80. The fourth-order valence-electron chi connectivity index (χ4n) is 4.88. The standard InChI is InChI=1S/C27H37FN2O4/c1-5-21(6-2)34-25-14-19(27(32)33)13-24(26(25)30-17(4)31)29-15-20-12-23(28)22(11-16(20)3)18-9-7-8-10-18/h9,11-12,14,21,24-26,29H,5-8,10,13,15H2,1-4H3,(H,30,31)(H,32,33)/t24-,25+,26+/m0/s1. The molecule has 0 aromatic heterocycles. The van der Waals surface area contributed by atoms with Crippen LogP contribution in [-0.2, 0) is 20.9 Å². The van der Waals surface area contributed by atoms with Crippen LogP contribution in [0, 0.1) is 12.7 Å². The molecule has 6 nitrogen and oxygen atoms in total. The Morgan fingerprint density at radius 3 is 2.59 bits per heavy atom. The maximum atomic E-state index is 14.9. The molecule has 0 radical (unpaired) electrons. The molecule has 0 unspecified atom stereocenters. The molecule has 3 atom stereocenters. The van der Waals surface area contributed by atoms with Crippen LogP contribution in [0.15, 0.2) is 29.9 Å². The third-order valence-electron chi connectivity index (χ3n) is 6.86. The molecule has 34 heavy (non-hydrogen) atoms. The van der Waals surface area contributed by atoms with Gasteiger partial charge in [0, 0.05) is 30.6 Å². The zero-order chi connectivity index (χ0) is 24.8. The summed E-state index contributed by atoms with van der Waals surface area (Å²) in [4.78, 5) is 23.8. The number of allylic oxidation sites excluding steroid dienone is 2. The van der Waals surface area contributed by atoms with Gasteiger partial charge in [-0.1, -0.05) is 19.9 Å². The first-order valence-corrected chi connectivity index (χ1v) is 12.3. The largest absolute Gasteiger partial charge is 0.478 e. The van der Waals surface area contributed by atoms with Crippen molar-refractivity contribution in [2.45, 2.75) is 97.1 Å². The summed E-state index contributed by atoms with van der Waals surface area (Å²) >= 11 is 0. The number of nitrogens with one attached hydrogen (secondary N) is 2. The number of halogens is 1. The van der Waals surface area contributed by atoms with E-state index in [9.17, 15) is 19.1 Å². The lowest BCUT2D eigenvalue weighted by Gasteiger charge is -2.38. The van der Waals surface area contributed by atoms with E-state index in [0.717, 1.165) is 48.8 Å². The second-order valence-corrected chi connectivity index (χ2v) is 9.33. The Kier molecular flexibility index (Phi) is 9.03. The molecule has 0 spiro atoms. The number of carbonyl (C=O) groups is 2. The van der Waals surface area contributed by atoms with Crippen LogP contribution in [0.2, 0.25) is 0 Å². The van der Waals surface area contributed by atoms with Crippen LogP contribution < -0.4 is 10.6 Å². The number of ether oxygens (including phenoxy) is 1. The third-order valence-corrected chi connectivity index (χ3v) is 6.86.